The average molecular weight is 206 g/mol. The number of nitrogens with one attached hydrogen (secondary N) is 1. The van der Waals surface area contributed by atoms with Crippen LogP contribution >= 0.6 is 8.03 Å². The zero-order valence-electron chi connectivity index (χ0n) is 7.34. The van der Waals surface area contributed by atoms with Crippen LogP contribution in [0, 0.1) is 0 Å². The maximum Gasteiger partial charge on any atom is 0.538 e. The first-order valence-corrected chi connectivity index (χ1v) is 5.45. The van der Waals surface area contributed by atoms with Crippen LogP contribution < -0.4 is 0 Å². The van der Waals surface area contributed by atoms with Gasteiger partial charge >= 0.3 is 8.03 Å². The minimum absolute atomic E-state index is 0.929. The molecule has 0 radical (unpaired) electrons. The molecule has 2 N–H and O–H groups in total. The molecule has 1 heterocycles. The highest BCUT2D eigenvalue weighted by Crippen LogP contribution is 2.22. The number of fused-ring (bicyclic) bond motifs is 1. The summed E-state index contributed by atoms with van der Waals surface area (Å²) in [7, 11) is -2.21. The molecular formula is C10H9NO2P+. The van der Waals surface area contributed by atoms with Crippen molar-refractivity contribution in [3.05, 3.63) is 41.8 Å². The normalized spacial score (nSPS) is 12.5. The van der Waals surface area contributed by atoms with Crippen molar-refractivity contribution >= 4 is 25.0 Å². The molecule has 70 valence electrons. The first-order valence-electron chi connectivity index (χ1n) is 4.17. The molecule has 4 heteroatoms. The molecule has 0 saturated carbocycles. The van der Waals surface area contributed by atoms with E-state index in [4.69, 9.17) is 4.89 Å². The van der Waals surface area contributed by atoms with Gasteiger partial charge in [-0.3, -0.25) is 0 Å². The Labute approximate surface area is 81.9 Å². The Bertz CT molecular complexity index is 502. The van der Waals surface area contributed by atoms with Gasteiger partial charge in [-0.2, -0.15) is 4.89 Å². The van der Waals surface area contributed by atoms with E-state index in [1.165, 1.54) is 5.82 Å². The number of hydrogen-bond donors (Lipinski definition) is 2. The van der Waals surface area contributed by atoms with E-state index in [0.29, 0.717) is 0 Å². The van der Waals surface area contributed by atoms with Crippen LogP contribution in [0.25, 0.3) is 17.0 Å². The quantitative estimate of drug-likeness (QED) is 0.742. The molecule has 0 bridgehead atoms. The fourth-order valence-corrected chi connectivity index (χ4v) is 1.66. The molecule has 1 aromatic carbocycles. The molecule has 14 heavy (non-hydrogen) atoms. The predicted molar refractivity (Wildman–Crippen MR) is 57.2 cm³/mol. The maximum absolute atomic E-state index is 10.5. The summed E-state index contributed by atoms with van der Waals surface area (Å²) >= 11 is 0. The van der Waals surface area contributed by atoms with Crippen molar-refractivity contribution in [3.63, 3.8) is 0 Å². The molecule has 0 spiro atoms. The maximum atomic E-state index is 10.5. The van der Waals surface area contributed by atoms with Gasteiger partial charge in [0.25, 0.3) is 0 Å². The molecule has 0 saturated heterocycles. The van der Waals surface area contributed by atoms with Gasteiger partial charge in [0, 0.05) is 22.7 Å². The second-order valence-corrected chi connectivity index (χ2v) is 3.81. The van der Waals surface area contributed by atoms with Crippen molar-refractivity contribution in [2.24, 2.45) is 0 Å². The van der Waals surface area contributed by atoms with Gasteiger partial charge in [-0.05, 0) is 16.7 Å². The molecule has 1 atom stereocenters. The third kappa shape index (κ3) is 1.74. The van der Waals surface area contributed by atoms with Crippen molar-refractivity contribution in [3.8, 4) is 0 Å². The van der Waals surface area contributed by atoms with E-state index in [1.54, 1.807) is 6.08 Å². The highest BCUT2D eigenvalue weighted by molar-refractivity contribution is 7.41. The van der Waals surface area contributed by atoms with Gasteiger partial charge in [-0.15, -0.1) is 0 Å². The number of hydrogen-bond acceptors (Lipinski definition) is 1. The van der Waals surface area contributed by atoms with Gasteiger partial charge in [0.15, 0.2) is 5.82 Å². The Balaban J connectivity index is 2.48. The number of aromatic amines is 1. The third-order valence-electron chi connectivity index (χ3n) is 2.00. The first kappa shape index (κ1) is 9.13. The lowest BCUT2D eigenvalue weighted by atomic mass is 10.2. The van der Waals surface area contributed by atoms with Gasteiger partial charge in [0.05, 0.1) is 0 Å². The van der Waals surface area contributed by atoms with Crippen LogP contribution in [-0.2, 0) is 4.57 Å². The fraction of sp³-hybridized carbons (Fsp3) is 0. The molecule has 0 aliphatic heterocycles. The zero-order chi connectivity index (χ0) is 9.97. The molecule has 1 unspecified atom stereocenters. The summed E-state index contributed by atoms with van der Waals surface area (Å²) in [5.41, 5.74) is 1.96. The Morgan fingerprint density at radius 2 is 2.14 bits per heavy atom. The third-order valence-corrected chi connectivity index (χ3v) is 2.41. The summed E-state index contributed by atoms with van der Waals surface area (Å²) in [6.07, 6.45) is 3.47. The standard InChI is InChI=1S/C10H8NO2P/c12-14(13)6-5-8-7-11-10-4-2-1-3-9(8)10/h1-7,11H/p+1/b6-5+. The van der Waals surface area contributed by atoms with E-state index in [9.17, 15) is 4.57 Å². The summed E-state index contributed by atoms with van der Waals surface area (Å²) in [4.78, 5) is 11.7. The lowest BCUT2D eigenvalue weighted by molar-refractivity contribution is 0.513. The fourth-order valence-electron chi connectivity index (χ4n) is 1.38. The summed E-state index contributed by atoms with van der Waals surface area (Å²) < 4.78 is 10.5. The monoisotopic (exact) mass is 206 g/mol. The lowest BCUT2D eigenvalue weighted by Crippen LogP contribution is -1.66. The van der Waals surface area contributed by atoms with Gasteiger partial charge in [0.1, 0.15) is 0 Å². The Morgan fingerprint density at radius 1 is 1.36 bits per heavy atom. The Hall–Kier alpha value is -1.44. The molecule has 0 fully saturated rings. The van der Waals surface area contributed by atoms with Crippen molar-refractivity contribution < 1.29 is 9.46 Å². The highest BCUT2D eigenvalue weighted by atomic mass is 31.1. The van der Waals surface area contributed by atoms with Crippen LogP contribution in [0.3, 0.4) is 0 Å². The van der Waals surface area contributed by atoms with Crippen LogP contribution in [0.5, 0.6) is 0 Å². The van der Waals surface area contributed by atoms with Crippen LogP contribution in [0.4, 0.5) is 0 Å². The lowest BCUT2D eigenvalue weighted by Gasteiger charge is -1.87. The number of benzene rings is 1. The van der Waals surface area contributed by atoms with E-state index in [2.05, 4.69) is 4.98 Å². The first-order chi connectivity index (χ1) is 6.77. The summed E-state index contributed by atoms with van der Waals surface area (Å²) in [5, 5.41) is 1.06. The van der Waals surface area contributed by atoms with Crippen molar-refractivity contribution in [1.82, 2.24) is 4.98 Å². The van der Waals surface area contributed by atoms with Crippen molar-refractivity contribution in [1.29, 1.82) is 0 Å². The molecule has 0 aliphatic rings. The zero-order valence-corrected chi connectivity index (χ0v) is 8.24. The van der Waals surface area contributed by atoms with E-state index in [0.717, 1.165) is 16.5 Å². The number of H-pyrrole nitrogens is 1. The van der Waals surface area contributed by atoms with E-state index in [1.807, 2.05) is 30.5 Å². The molecule has 1 aromatic heterocycles. The summed E-state index contributed by atoms with van der Waals surface area (Å²) in [5.74, 6) is 1.28. The van der Waals surface area contributed by atoms with Gasteiger partial charge in [0.2, 0.25) is 0 Å². The smallest absolute Gasteiger partial charge is 0.361 e. The Kier molecular flexibility index (Phi) is 2.44. The van der Waals surface area contributed by atoms with Crippen LogP contribution in [0.2, 0.25) is 0 Å². The number of rotatable bonds is 2. The largest absolute Gasteiger partial charge is 0.538 e. The topological polar surface area (TPSA) is 53.1 Å². The van der Waals surface area contributed by atoms with E-state index >= 15 is 0 Å². The minimum atomic E-state index is -2.21. The number of aromatic nitrogens is 1. The van der Waals surface area contributed by atoms with Crippen LogP contribution in [-0.4, -0.2) is 9.88 Å². The predicted octanol–water partition coefficient (Wildman–Crippen LogP) is 2.87. The second kappa shape index (κ2) is 3.74. The minimum Gasteiger partial charge on any atom is -0.361 e. The van der Waals surface area contributed by atoms with E-state index in [-0.39, 0.29) is 0 Å². The molecule has 0 amide bonds. The number of para-hydroxylation sites is 1. The molecule has 3 nitrogen and oxygen atoms in total. The van der Waals surface area contributed by atoms with Gasteiger partial charge in [-0.1, -0.05) is 18.2 Å². The summed E-state index contributed by atoms with van der Waals surface area (Å²) in [6.45, 7) is 0. The van der Waals surface area contributed by atoms with Crippen LogP contribution in [0.15, 0.2) is 36.3 Å². The molecule has 2 rings (SSSR count). The van der Waals surface area contributed by atoms with Crippen LogP contribution in [0.1, 0.15) is 5.56 Å². The van der Waals surface area contributed by atoms with E-state index < -0.39 is 8.03 Å². The van der Waals surface area contributed by atoms with Crippen molar-refractivity contribution in [2.45, 2.75) is 0 Å². The highest BCUT2D eigenvalue weighted by Gasteiger charge is 2.04. The summed E-state index contributed by atoms with van der Waals surface area (Å²) in [6, 6.07) is 7.81. The van der Waals surface area contributed by atoms with Crippen molar-refractivity contribution in [2.75, 3.05) is 0 Å². The molecule has 0 aliphatic carbocycles. The van der Waals surface area contributed by atoms with Gasteiger partial charge < -0.3 is 4.98 Å². The second-order valence-electron chi connectivity index (χ2n) is 2.91. The molecule has 2 aromatic rings. The average Bonchev–Trinajstić information content (AvgIpc) is 2.58. The SMILES string of the molecule is O=[P+](O)/C=C/c1c[nH]c2ccccc12. The molecular weight excluding hydrogens is 197 g/mol. The Morgan fingerprint density at radius 3 is 2.93 bits per heavy atom. The van der Waals surface area contributed by atoms with Gasteiger partial charge in [-0.25, -0.2) is 0 Å².